The van der Waals surface area contributed by atoms with Gasteiger partial charge in [0.1, 0.15) is 5.60 Å². The topological polar surface area (TPSA) is 107 Å². The van der Waals surface area contributed by atoms with Gasteiger partial charge in [-0.1, -0.05) is 0 Å². The summed E-state index contributed by atoms with van der Waals surface area (Å²) in [4.78, 5) is 19.5. The van der Waals surface area contributed by atoms with Gasteiger partial charge in [-0.2, -0.15) is 0 Å². The predicted molar refractivity (Wildman–Crippen MR) is 72.5 cm³/mol. The minimum Gasteiger partial charge on any atom is -0.476 e. The summed E-state index contributed by atoms with van der Waals surface area (Å²) in [7, 11) is 1.30. The third kappa shape index (κ3) is 3.55. The number of ether oxygens (including phenoxy) is 1. The van der Waals surface area contributed by atoms with Crippen LogP contribution in [0.4, 0.5) is 11.4 Å². The maximum atomic E-state index is 10.9. The largest absolute Gasteiger partial charge is 0.476 e. The SMILES string of the molecule is COc1ncc(NOC(C)(C)C(C)(C)O)cc1[N+](=O)[O-]. The molecule has 1 rings (SSSR count). The number of aliphatic hydroxyl groups is 1. The summed E-state index contributed by atoms with van der Waals surface area (Å²) < 4.78 is 4.80. The summed E-state index contributed by atoms with van der Waals surface area (Å²) in [5, 5.41) is 20.8. The smallest absolute Gasteiger partial charge is 0.333 e. The molecule has 8 heteroatoms. The van der Waals surface area contributed by atoms with Crippen LogP contribution in [0.1, 0.15) is 27.7 Å². The van der Waals surface area contributed by atoms with E-state index in [9.17, 15) is 15.2 Å². The fraction of sp³-hybridized carbons (Fsp3) is 0.583. The van der Waals surface area contributed by atoms with Crippen molar-refractivity contribution in [3.63, 3.8) is 0 Å². The van der Waals surface area contributed by atoms with Crippen molar-refractivity contribution in [3.8, 4) is 5.88 Å². The van der Waals surface area contributed by atoms with Crippen LogP contribution in [-0.4, -0.2) is 33.3 Å². The molecule has 0 radical (unpaired) electrons. The van der Waals surface area contributed by atoms with Crippen molar-refractivity contribution in [2.45, 2.75) is 38.9 Å². The Morgan fingerprint density at radius 1 is 1.40 bits per heavy atom. The second-order valence-corrected chi connectivity index (χ2v) is 5.28. The van der Waals surface area contributed by atoms with Crippen LogP contribution in [0.2, 0.25) is 0 Å². The van der Waals surface area contributed by atoms with Gasteiger partial charge in [0, 0.05) is 6.07 Å². The van der Waals surface area contributed by atoms with E-state index in [-0.39, 0.29) is 17.3 Å². The normalized spacial score (nSPS) is 12.1. The van der Waals surface area contributed by atoms with E-state index >= 15 is 0 Å². The van der Waals surface area contributed by atoms with Crippen molar-refractivity contribution in [2.24, 2.45) is 0 Å². The van der Waals surface area contributed by atoms with Crippen molar-refractivity contribution in [3.05, 3.63) is 22.4 Å². The molecule has 0 saturated carbocycles. The highest BCUT2D eigenvalue weighted by atomic mass is 16.7. The van der Waals surface area contributed by atoms with Crippen LogP contribution in [0.3, 0.4) is 0 Å². The third-order valence-electron chi connectivity index (χ3n) is 3.12. The zero-order valence-electron chi connectivity index (χ0n) is 12.1. The molecule has 1 heterocycles. The Hall–Kier alpha value is -1.93. The standard InChI is InChI=1S/C12H19N3O5/c1-11(2,16)12(3,4)20-14-8-6-9(15(17)18)10(19-5)13-7-8/h6-7,14,16H,1-5H3. The summed E-state index contributed by atoms with van der Waals surface area (Å²) in [6, 6.07) is 1.24. The fourth-order valence-electron chi connectivity index (χ4n) is 1.10. The molecule has 0 aromatic carbocycles. The van der Waals surface area contributed by atoms with Gasteiger partial charge in [0.25, 0.3) is 5.88 Å². The Kier molecular flexibility index (Phi) is 4.51. The van der Waals surface area contributed by atoms with Crippen LogP contribution in [0.5, 0.6) is 5.88 Å². The van der Waals surface area contributed by atoms with Gasteiger partial charge in [0.2, 0.25) is 0 Å². The van der Waals surface area contributed by atoms with E-state index < -0.39 is 16.1 Å². The molecule has 20 heavy (non-hydrogen) atoms. The molecule has 1 aromatic heterocycles. The van der Waals surface area contributed by atoms with Gasteiger partial charge in [0.15, 0.2) is 0 Å². The van der Waals surface area contributed by atoms with Crippen molar-refractivity contribution in [1.82, 2.24) is 4.98 Å². The molecule has 0 aliphatic heterocycles. The van der Waals surface area contributed by atoms with E-state index in [4.69, 9.17) is 9.57 Å². The Morgan fingerprint density at radius 2 is 2.00 bits per heavy atom. The molecular formula is C12H19N3O5. The summed E-state index contributed by atoms with van der Waals surface area (Å²) in [5.74, 6) is -0.0812. The zero-order chi connectivity index (χ0) is 15.6. The monoisotopic (exact) mass is 285 g/mol. The molecule has 0 bridgehead atoms. The van der Waals surface area contributed by atoms with Crippen LogP contribution in [0.15, 0.2) is 12.3 Å². The molecule has 0 atom stereocenters. The number of hydrogen-bond donors (Lipinski definition) is 2. The molecule has 0 fully saturated rings. The van der Waals surface area contributed by atoms with Crippen LogP contribution in [0.25, 0.3) is 0 Å². The van der Waals surface area contributed by atoms with E-state index in [1.54, 1.807) is 27.7 Å². The number of nitrogens with one attached hydrogen (secondary N) is 1. The summed E-state index contributed by atoms with van der Waals surface area (Å²) in [6.07, 6.45) is 1.34. The molecule has 0 saturated heterocycles. The molecule has 1 aromatic rings. The second kappa shape index (κ2) is 5.59. The van der Waals surface area contributed by atoms with Crippen molar-refractivity contribution in [2.75, 3.05) is 12.6 Å². The van der Waals surface area contributed by atoms with E-state index in [1.807, 2.05) is 0 Å². The highest BCUT2D eigenvalue weighted by Crippen LogP contribution is 2.29. The van der Waals surface area contributed by atoms with Gasteiger partial charge < -0.3 is 9.84 Å². The number of hydrogen-bond acceptors (Lipinski definition) is 7. The quantitative estimate of drug-likeness (QED) is 0.607. The number of anilines is 1. The van der Waals surface area contributed by atoms with Gasteiger partial charge in [-0.25, -0.2) is 4.98 Å². The molecule has 0 unspecified atom stereocenters. The van der Waals surface area contributed by atoms with Gasteiger partial charge in [0.05, 0.1) is 29.5 Å². The molecule has 8 nitrogen and oxygen atoms in total. The first-order valence-corrected chi connectivity index (χ1v) is 5.93. The van der Waals surface area contributed by atoms with Crippen LogP contribution in [-0.2, 0) is 4.84 Å². The minimum absolute atomic E-state index is 0.0812. The number of nitro groups is 1. The van der Waals surface area contributed by atoms with Gasteiger partial charge in [-0.05, 0) is 27.7 Å². The summed E-state index contributed by atoms with van der Waals surface area (Å²) >= 11 is 0. The molecule has 0 aliphatic carbocycles. The molecular weight excluding hydrogens is 266 g/mol. The highest BCUT2D eigenvalue weighted by molar-refractivity contribution is 5.53. The highest BCUT2D eigenvalue weighted by Gasteiger charge is 2.37. The predicted octanol–water partition coefficient (Wildman–Crippen LogP) is 1.89. The van der Waals surface area contributed by atoms with Gasteiger partial charge in [-0.15, -0.1) is 0 Å². The lowest BCUT2D eigenvalue weighted by Crippen LogP contribution is -2.48. The molecule has 0 amide bonds. The number of methoxy groups -OCH3 is 1. The minimum atomic E-state index is -1.11. The van der Waals surface area contributed by atoms with E-state index in [0.29, 0.717) is 0 Å². The average Bonchev–Trinajstić information content (AvgIpc) is 2.34. The third-order valence-corrected chi connectivity index (χ3v) is 3.12. The lowest BCUT2D eigenvalue weighted by Gasteiger charge is -2.36. The second-order valence-electron chi connectivity index (χ2n) is 5.28. The lowest BCUT2D eigenvalue weighted by atomic mass is 9.90. The molecule has 0 aliphatic rings. The summed E-state index contributed by atoms with van der Waals surface area (Å²) in [5.41, 5.74) is 0.546. The van der Waals surface area contributed by atoms with Gasteiger partial charge in [-0.3, -0.25) is 20.4 Å². The Morgan fingerprint density at radius 3 is 2.45 bits per heavy atom. The van der Waals surface area contributed by atoms with E-state index in [0.717, 1.165) is 0 Å². The number of nitrogens with zero attached hydrogens (tertiary/aromatic N) is 2. The number of rotatable bonds is 6. The maximum absolute atomic E-state index is 10.9. The number of pyridine rings is 1. The molecule has 0 spiro atoms. The lowest BCUT2D eigenvalue weighted by molar-refractivity contribution is -0.386. The van der Waals surface area contributed by atoms with Gasteiger partial charge >= 0.3 is 5.69 Å². The molecule has 112 valence electrons. The zero-order valence-corrected chi connectivity index (χ0v) is 12.1. The molecule has 2 N–H and O–H groups in total. The first kappa shape index (κ1) is 16.1. The number of aromatic nitrogens is 1. The first-order chi connectivity index (χ1) is 9.08. The summed E-state index contributed by atoms with van der Waals surface area (Å²) in [6.45, 7) is 6.57. The Bertz CT molecular complexity index is 496. The average molecular weight is 285 g/mol. The van der Waals surface area contributed by atoms with Crippen LogP contribution in [0, 0.1) is 10.1 Å². The Balaban J connectivity index is 2.90. The fourth-order valence-corrected chi connectivity index (χ4v) is 1.10. The van der Waals surface area contributed by atoms with Crippen molar-refractivity contribution < 1.29 is 19.6 Å². The van der Waals surface area contributed by atoms with Crippen LogP contribution < -0.4 is 10.2 Å². The first-order valence-electron chi connectivity index (χ1n) is 5.93. The maximum Gasteiger partial charge on any atom is 0.333 e. The Labute approximate surface area is 116 Å². The van der Waals surface area contributed by atoms with Crippen molar-refractivity contribution in [1.29, 1.82) is 0 Å². The van der Waals surface area contributed by atoms with E-state index in [1.165, 1.54) is 19.4 Å². The van der Waals surface area contributed by atoms with Crippen molar-refractivity contribution >= 4 is 11.4 Å². The van der Waals surface area contributed by atoms with E-state index in [2.05, 4.69) is 10.5 Å². The van der Waals surface area contributed by atoms with Crippen LogP contribution >= 0.6 is 0 Å².